The quantitative estimate of drug-likeness (QED) is 0.761. The van der Waals surface area contributed by atoms with Gasteiger partial charge >= 0.3 is 0 Å². The molecule has 0 bridgehead atoms. The fourth-order valence-electron chi connectivity index (χ4n) is 2.28. The van der Waals surface area contributed by atoms with Gasteiger partial charge in [-0.1, -0.05) is 27.2 Å². The lowest BCUT2D eigenvalue weighted by molar-refractivity contribution is -0.126. The number of hydrogen-bond acceptors (Lipinski definition) is 1. The summed E-state index contributed by atoms with van der Waals surface area (Å²) in [4.78, 5) is 11.8. The van der Waals surface area contributed by atoms with E-state index in [1.807, 2.05) is 0 Å². The Kier molecular flexibility index (Phi) is 5.13. The highest BCUT2D eigenvalue weighted by Gasteiger charge is 2.25. The van der Waals surface area contributed by atoms with Crippen molar-refractivity contribution in [2.24, 2.45) is 17.8 Å². The first-order valence-corrected chi connectivity index (χ1v) is 6.41. The maximum absolute atomic E-state index is 11.8. The minimum atomic E-state index is 0.290. The van der Waals surface area contributed by atoms with E-state index in [1.54, 1.807) is 0 Å². The van der Waals surface area contributed by atoms with Crippen LogP contribution in [0.25, 0.3) is 0 Å². The van der Waals surface area contributed by atoms with E-state index in [0.717, 1.165) is 25.3 Å². The molecule has 0 atom stereocenters. The maximum atomic E-state index is 11.8. The fraction of sp³-hybridized carbons (Fsp3) is 0.923. The van der Waals surface area contributed by atoms with Crippen molar-refractivity contribution in [3.63, 3.8) is 0 Å². The van der Waals surface area contributed by atoms with Crippen molar-refractivity contribution in [1.82, 2.24) is 5.32 Å². The van der Waals surface area contributed by atoms with Gasteiger partial charge in [0.25, 0.3) is 0 Å². The minimum Gasteiger partial charge on any atom is -0.356 e. The largest absolute Gasteiger partial charge is 0.356 e. The van der Waals surface area contributed by atoms with E-state index in [0.29, 0.717) is 17.7 Å². The topological polar surface area (TPSA) is 29.1 Å². The lowest BCUT2D eigenvalue weighted by atomic mass is 9.80. The van der Waals surface area contributed by atoms with E-state index in [9.17, 15) is 4.79 Å². The molecule has 2 nitrogen and oxygen atoms in total. The van der Waals surface area contributed by atoms with Crippen LogP contribution in [-0.2, 0) is 4.79 Å². The summed E-state index contributed by atoms with van der Waals surface area (Å²) in [7, 11) is 0. The van der Waals surface area contributed by atoms with E-state index in [1.165, 1.54) is 19.3 Å². The third kappa shape index (κ3) is 4.23. The van der Waals surface area contributed by atoms with Crippen molar-refractivity contribution in [2.75, 3.05) is 6.54 Å². The van der Waals surface area contributed by atoms with Gasteiger partial charge in [-0.2, -0.15) is 0 Å². The third-order valence-corrected chi connectivity index (χ3v) is 3.48. The molecule has 15 heavy (non-hydrogen) atoms. The highest BCUT2D eigenvalue weighted by molar-refractivity contribution is 5.78. The highest BCUT2D eigenvalue weighted by atomic mass is 16.1. The molecule has 0 aromatic heterocycles. The van der Waals surface area contributed by atoms with Crippen LogP contribution in [0.3, 0.4) is 0 Å². The summed E-state index contributed by atoms with van der Waals surface area (Å²) in [6.07, 6.45) is 5.97. The van der Waals surface area contributed by atoms with Crippen LogP contribution in [0.2, 0.25) is 0 Å². The Hall–Kier alpha value is -0.530. The van der Waals surface area contributed by atoms with Crippen LogP contribution >= 0.6 is 0 Å². The van der Waals surface area contributed by atoms with Crippen LogP contribution in [0.1, 0.15) is 52.9 Å². The first-order valence-electron chi connectivity index (χ1n) is 6.41. The first-order chi connectivity index (χ1) is 7.13. The lowest BCUT2D eigenvalue weighted by Crippen LogP contribution is -2.35. The Balaban J connectivity index is 2.24. The van der Waals surface area contributed by atoms with Gasteiger partial charge in [0, 0.05) is 12.5 Å². The van der Waals surface area contributed by atoms with Crippen LogP contribution < -0.4 is 5.32 Å². The van der Waals surface area contributed by atoms with Crippen molar-refractivity contribution in [3.8, 4) is 0 Å². The zero-order valence-electron chi connectivity index (χ0n) is 10.4. The van der Waals surface area contributed by atoms with Gasteiger partial charge in [-0.25, -0.2) is 0 Å². The second-order valence-electron chi connectivity index (χ2n) is 5.26. The summed E-state index contributed by atoms with van der Waals surface area (Å²) in [5, 5.41) is 3.05. The molecule has 1 amide bonds. The van der Waals surface area contributed by atoms with Crippen LogP contribution in [0.5, 0.6) is 0 Å². The Labute approximate surface area is 93.8 Å². The van der Waals surface area contributed by atoms with Crippen molar-refractivity contribution in [1.29, 1.82) is 0 Å². The van der Waals surface area contributed by atoms with E-state index in [-0.39, 0.29) is 0 Å². The molecule has 1 saturated carbocycles. The summed E-state index contributed by atoms with van der Waals surface area (Å²) in [6, 6.07) is 0. The molecule has 0 saturated heterocycles. The number of carbonyl (C=O) groups is 1. The molecule has 1 rings (SSSR count). The lowest BCUT2D eigenvalue weighted by Gasteiger charge is -2.27. The molecular formula is C13H25NO. The van der Waals surface area contributed by atoms with Crippen LogP contribution in [-0.4, -0.2) is 12.5 Å². The van der Waals surface area contributed by atoms with Crippen LogP contribution in [0.15, 0.2) is 0 Å². The molecule has 0 heterocycles. The van der Waals surface area contributed by atoms with Gasteiger partial charge in [-0.15, -0.1) is 0 Å². The van der Waals surface area contributed by atoms with Gasteiger partial charge in [0.05, 0.1) is 0 Å². The average molecular weight is 211 g/mol. The molecule has 2 heteroatoms. The second kappa shape index (κ2) is 6.14. The van der Waals surface area contributed by atoms with Crippen molar-refractivity contribution in [2.45, 2.75) is 52.9 Å². The molecule has 0 spiro atoms. The number of amides is 1. The fourth-order valence-corrected chi connectivity index (χ4v) is 2.28. The first kappa shape index (κ1) is 12.5. The van der Waals surface area contributed by atoms with Crippen molar-refractivity contribution >= 4 is 5.91 Å². The van der Waals surface area contributed by atoms with E-state index in [4.69, 9.17) is 0 Å². The van der Waals surface area contributed by atoms with Gasteiger partial charge in [-0.3, -0.25) is 4.79 Å². The Morgan fingerprint density at radius 3 is 2.33 bits per heavy atom. The summed E-state index contributed by atoms with van der Waals surface area (Å²) >= 11 is 0. The highest BCUT2D eigenvalue weighted by Crippen LogP contribution is 2.30. The second-order valence-corrected chi connectivity index (χ2v) is 5.26. The van der Waals surface area contributed by atoms with E-state index < -0.39 is 0 Å². The Morgan fingerprint density at radius 1 is 1.27 bits per heavy atom. The molecule has 0 aliphatic heterocycles. The Bertz CT molecular complexity index is 193. The summed E-state index contributed by atoms with van der Waals surface area (Å²) in [5.41, 5.74) is 0. The van der Waals surface area contributed by atoms with Gasteiger partial charge in [0.2, 0.25) is 5.91 Å². The molecule has 0 radical (unpaired) electrons. The average Bonchev–Trinajstić information content (AvgIpc) is 2.26. The van der Waals surface area contributed by atoms with Crippen molar-refractivity contribution < 1.29 is 4.79 Å². The predicted octanol–water partition coefficient (Wildman–Crippen LogP) is 2.98. The SMILES string of the molecule is CCC1CCC(C(=O)NCC(C)C)CC1. The van der Waals surface area contributed by atoms with Crippen molar-refractivity contribution in [3.05, 3.63) is 0 Å². The molecule has 0 unspecified atom stereocenters. The zero-order valence-corrected chi connectivity index (χ0v) is 10.4. The molecule has 88 valence electrons. The number of nitrogens with one attached hydrogen (secondary N) is 1. The normalized spacial score (nSPS) is 26.7. The summed E-state index contributed by atoms with van der Waals surface area (Å²) in [6.45, 7) is 7.35. The van der Waals surface area contributed by atoms with E-state index in [2.05, 4.69) is 26.1 Å². The Morgan fingerprint density at radius 2 is 1.87 bits per heavy atom. The molecular weight excluding hydrogens is 186 g/mol. The monoisotopic (exact) mass is 211 g/mol. The smallest absolute Gasteiger partial charge is 0.223 e. The predicted molar refractivity (Wildman–Crippen MR) is 63.6 cm³/mol. The zero-order chi connectivity index (χ0) is 11.3. The third-order valence-electron chi connectivity index (χ3n) is 3.48. The van der Waals surface area contributed by atoms with Gasteiger partial charge in [0.1, 0.15) is 0 Å². The van der Waals surface area contributed by atoms with Crippen LogP contribution in [0.4, 0.5) is 0 Å². The van der Waals surface area contributed by atoms with Gasteiger partial charge in [-0.05, 0) is 37.5 Å². The molecule has 0 aromatic carbocycles. The summed E-state index contributed by atoms with van der Waals surface area (Å²) in [5.74, 6) is 2.02. The summed E-state index contributed by atoms with van der Waals surface area (Å²) < 4.78 is 0. The molecule has 1 aliphatic carbocycles. The van der Waals surface area contributed by atoms with Gasteiger partial charge in [0.15, 0.2) is 0 Å². The molecule has 0 aromatic rings. The minimum absolute atomic E-state index is 0.290. The maximum Gasteiger partial charge on any atom is 0.223 e. The van der Waals surface area contributed by atoms with E-state index >= 15 is 0 Å². The number of hydrogen-bond donors (Lipinski definition) is 1. The molecule has 1 N–H and O–H groups in total. The van der Waals surface area contributed by atoms with Gasteiger partial charge < -0.3 is 5.32 Å². The molecule has 1 fully saturated rings. The standard InChI is InChI=1S/C13H25NO/c1-4-11-5-7-12(8-6-11)13(15)14-9-10(2)3/h10-12H,4-9H2,1-3H3,(H,14,15). The number of rotatable bonds is 4. The number of carbonyl (C=O) groups excluding carboxylic acids is 1. The molecule has 1 aliphatic rings. The van der Waals surface area contributed by atoms with Crippen LogP contribution in [0, 0.1) is 17.8 Å².